The second kappa shape index (κ2) is 5.45. The number of carbonyl (C=O) groups is 2. The molecule has 0 bridgehead atoms. The van der Waals surface area contributed by atoms with Crippen molar-refractivity contribution in [1.29, 1.82) is 0 Å². The van der Waals surface area contributed by atoms with Crippen molar-refractivity contribution in [1.82, 2.24) is 4.57 Å². The van der Waals surface area contributed by atoms with Crippen molar-refractivity contribution < 1.29 is 29.3 Å². The van der Waals surface area contributed by atoms with Crippen LogP contribution in [-0.2, 0) is 4.79 Å². The van der Waals surface area contributed by atoms with E-state index in [1.54, 1.807) is 6.08 Å². The first-order valence-corrected chi connectivity index (χ1v) is 7.18. The largest absolute Gasteiger partial charge is 0.618 e. The quantitative estimate of drug-likeness (QED) is 0.638. The van der Waals surface area contributed by atoms with Gasteiger partial charge in [-0.25, -0.2) is 0 Å². The number of carbonyl (C=O) groups excluding carboxylic acids is 1. The number of carboxylic acids is 1. The van der Waals surface area contributed by atoms with Gasteiger partial charge in [-0.3, -0.25) is 14.2 Å². The molecule has 0 amide bonds. The molecular formula is C15H16N2O6. The molecule has 1 aliphatic heterocycles. The molecule has 0 radical (unpaired) electrons. The first kappa shape index (κ1) is 15.1. The smallest absolute Gasteiger partial charge is 0.303 e. The number of aromatic nitrogens is 1. The lowest BCUT2D eigenvalue weighted by Gasteiger charge is -2.24. The normalized spacial score (nSPS) is 23.3. The van der Waals surface area contributed by atoms with Crippen LogP contribution in [0.4, 0.5) is 0 Å². The molecule has 0 saturated carbocycles. The fourth-order valence-electron chi connectivity index (χ4n) is 3.22. The van der Waals surface area contributed by atoms with E-state index in [1.165, 1.54) is 24.1 Å². The number of aromatic hydroxyl groups is 1. The van der Waals surface area contributed by atoms with Gasteiger partial charge in [0, 0.05) is 6.42 Å². The van der Waals surface area contributed by atoms with E-state index in [4.69, 9.17) is 9.84 Å². The van der Waals surface area contributed by atoms with Crippen molar-refractivity contribution >= 4 is 18.1 Å². The predicted molar refractivity (Wildman–Crippen MR) is 78.6 cm³/mol. The van der Waals surface area contributed by atoms with Gasteiger partial charge < -0.3 is 20.2 Å². The molecule has 0 aromatic carbocycles. The van der Waals surface area contributed by atoms with Crippen LogP contribution in [-0.4, -0.2) is 44.7 Å². The Bertz CT molecular complexity index is 745. The maximum absolute atomic E-state index is 12.8. The Morgan fingerprint density at radius 3 is 2.96 bits per heavy atom. The standard InChI is InChI=1S/C15H16N2O6/c1-23-14-11-6-17(22)10-3-2-8(5-13(19)20)4-9(10)15(21)16(11)7-12(14)18/h3,6-9,18H,2,4-5H2,1H3,(H,19,20). The number of nitrogens with zero attached hydrogens (tertiary/aromatic N) is 2. The van der Waals surface area contributed by atoms with E-state index in [1.807, 2.05) is 0 Å². The second-order valence-electron chi connectivity index (χ2n) is 5.71. The third-order valence-electron chi connectivity index (χ3n) is 4.26. The molecule has 0 fully saturated rings. The number of ether oxygens (including phenoxy) is 1. The highest BCUT2D eigenvalue weighted by molar-refractivity contribution is 5.94. The number of allylic oxidation sites excluding steroid dienone is 2. The number of rotatable bonds is 3. The summed E-state index contributed by atoms with van der Waals surface area (Å²) in [5.74, 6) is -2.42. The van der Waals surface area contributed by atoms with Crippen LogP contribution in [0.2, 0.25) is 0 Å². The summed E-state index contributed by atoms with van der Waals surface area (Å²) in [6.45, 7) is 0. The van der Waals surface area contributed by atoms with Gasteiger partial charge in [0.05, 0.1) is 13.3 Å². The molecule has 1 aromatic rings. The second-order valence-corrected chi connectivity index (χ2v) is 5.71. The van der Waals surface area contributed by atoms with E-state index in [0.717, 1.165) is 0 Å². The Labute approximate surface area is 131 Å². The number of carboxylic acid groups (broad SMARTS) is 1. The number of aliphatic carboxylic acids is 1. The first-order chi connectivity index (χ1) is 10.9. The monoisotopic (exact) mass is 320 g/mol. The minimum absolute atomic E-state index is 0.0523. The number of hydrogen-bond acceptors (Lipinski definition) is 5. The van der Waals surface area contributed by atoms with Crippen molar-refractivity contribution in [3.8, 4) is 11.5 Å². The molecule has 8 nitrogen and oxygen atoms in total. The van der Waals surface area contributed by atoms with Crippen LogP contribution >= 0.6 is 0 Å². The summed E-state index contributed by atoms with van der Waals surface area (Å²) >= 11 is 0. The van der Waals surface area contributed by atoms with Crippen molar-refractivity contribution in [2.45, 2.75) is 19.3 Å². The third kappa shape index (κ3) is 2.45. The summed E-state index contributed by atoms with van der Waals surface area (Å²) in [6.07, 6.45) is 4.70. The molecule has 2 N–H and O–H groups in total. The fourth-order valence-corrected chi connectivity index (χ4v) is 3.22. The number of fused-ring (bicyclic) bond motifs is 2. The predicted octanol–water partition coefficient (Wildman–Crippen LogP) is 1.17. The molecule has 0 spiro atoms. The van der Waals surface area contributed by atoms with Gasteiger partial charge in [-0.05, 0) is 24.8 Å². The maximum atomic E-state index is 12.8. The van der Waals surface area contributed by atoms with E-state index in [0.29, 0.717) is 16.9 Å². The highest BCUT2D eigenvalue weighted by atomic mass is 16.5. The van der Waals surface area contributed by atoms with E-state index in [9.17, 15) is 19.9 Å². The number of hydrogen-bond donors (Lipinski definition) is 2. The molecule has 23 heavy (non-hydrogen) atoms. The summed E-state index contributed by atoms with van der Waals surface area (Å²) in [5.41, 5.74) is 0.483. The summed E-state index contributed by atoms with van der Waals surface area (Å²) in [5, 5.41) is 31.1. The minimum Gasteiger partial charge on any atom is -0.618 e. The van der Waals surface area contributed by atoms with Crippen molar-refractivity contribution in [2.24, 2.45) is 11.8 Å². The van der Waals surface area contributed by atoms with Gasteiger partial charge in [-0.15, -0.1) is 0 Å². The van der Waals surface area contributed by atoms with Gasteiger partial charge in [0.2, 0.25) is 17.8 Å². The van der Waals surface area contributed by atoms with E-state index >= 15 is 0 Å². The Hall–Kier alpha value is -2.77. The van der Waals surface area contributed by atoms with Crippen LogP contribution in [0, 0.1) is 17.0 Å². The highest BCUT2D eigenvalue weighted by Crippen LogP contribution is 2.38. The summed E-state index contributed by atoms with van der Waals surface area (Å²) in [7, 11) is 1.34. The van der Waals surface area contributed by atoms with Gasteiger partial charge in [0.15, 0.2) is 17.2 Å². The Morgan fingerprint density at radius 1 is 1.57 bits per heavy atom. The van der Waals surface area contributed by atoms with Gasteiger partial charge in [-0.2, -0.15) is 4.74 Å². The summed E-state index contributed by atoms with van der Waals surface area (Å²) in [4.78, 5) is 23.6. The molecule has 0 saturated heterocycles. The molecule has 1 aromatic heterocycles. The van der Waals surface area contributed by atoms with Crippen LogP contribution in [0.1, 0.15) is 29.8 Å². The number of methoxy groups -OCH3 is 1. The molecule has 2 unspecified atom stereocenters. The molecule has 2 heterocycles. The Kier molecular flexibility index (Phi) is 3.59. The van der Waals surface area contributed by atoms with Crippen LogP contribution in [0.5, 0.6) is 11.5 Å². The molecule has 122 valence electrons. The van der Waals surface area contributed by atoms with Gasteiger partial charge in [0.1, 0.15) is 5.92 Å². The van der Waals surface area contributed by atoms with Crippen LogP contribution in [0.25, 0.3) is 0 Å². The van der Waals surface area contributed by atoms with E-state index < -0.39 is 11.9 Å². The van der Waals surface area contributed by atoms with Crippen molar-refractivity contribution in [2.75, 3.05) is 7.11 Å². The van der Waals surface area contributed by atoms with Gasteiger partial charge in [0.25, 0.3) is 0 Å². The maximum Gasteiger partial charge on any atom is 0.303 e. The SMILES string of the molecule is COc1c(O)cn2c1C=[N+]([O-])C1=CCC(CC(=O)O)CC1C2=O. The zero-order chi connectivity index (χ0) is 16.7. The zero-order valence-electron chi connectivity index (χ0n) is 12.4. The van der Waals surface area contributed by atoms with Crippen LogP contribution < -0.4 is 4.74 Å². The van der Waals surface area contributed by atoms with Crippen LogP contribution in [0.3, 0.4) is 0 Å². The Morgan fingerprint density at radius 2 is 2.30 bits per heavy atom. The van der Waals surface area contributed by atoms with E-state index in [-0.39, 0.29) is 41.9 Å². The number of hydroxylamine groups is 1. The van der Waals surface area contributed by atoms with Gasteiger partial charge >= 0.3 is 5.97 Å². The first-order valence-electron chi connectivity index (χ1n) is 7.18. The van der Waals surface area contributed by atoms with E-state index in [2.05, 4.69) is 0 Å². The lowest BCUT2D eigenvalue weighted by Crippen LogP contribution is -2.30. The topological polar surface area (TPSA) is 115 Å². The van der Waals surface area contributed by atoms with Crippen molar-refractivity contribution in [3.63, 3.8) is 0 Å². The molecular weight excluding hydrogens is 304 g/mol. The molecule has 2 aliphatic rings. The Balaban J connectivity index is 2.05. The average Bonchev–Trinajstić information content (AvgIpc) is 2.76. The average molecular weight is 320 g/mol. The molecule has 8 heteroatoms. The highest BCUT2D eigenvalue weighted by Gasteiger charge is 2.40. The third-order valence-corrected chi connectivity index (χ3v) is 4.26. The lowest BCUT2D eigenvalue weighted by atomic mass is 9.82. The van der Waals surface area contributed by atoms with Gasteiger partial charge in [-0.1, -0.05) is 0 Å². The lowest BCUT2D eigenvalue weighted by molar-refractivity contribution is -0.404. The summed E-state index contributed by atoms with van der Waals surface area (Å²) in [6, 6.07) is 0. The molecule has 3 rings (SSSR count). The van der Waals surface area contributed by atoms with Crippen LogP contribution in [0.15, 0.2) is 18.0 Å². The zero-order valence-corrected chi connectivity index (χ0v) is 12.4. The molecule has 2 atom stereocenters. The van der Waals surface area contributed by atoms with Crippen molar-refractivity contribution in [3.05, 3.63) is 28.9 Å². The fraction of sp³-hybridized carbons (Fsp3) is 0.400. The summed E-state index contributed by atoms with van der Waals surface area (Å²) < 4.78 is 6.83. The minimum atomic E-state index is -0.931. The molecule has 1 aliphatic carbocycles.